The first-order valence-corrected chi connectivity index (χ1v) is 12.8. The van der Waals surface area contributed by atoms with Gasteiger partial charge in [-0.3, -0.25) is 9.59 Å². The number of fused-ring (bicyclic) bond motifs is 5. The number of hydrogen-bond acceptors (Lipinski definition) is 8. The van der Waals surface area contributed by atoms with Gasteiger partial charge in [-0.15, -0.1) is 0 Å². The SMILES string of the molecule is CCCC(=O)O[C@]1(C)CC[C@H](O)[C@@](C)(O)C[C@H]2O[C@@H]1[C@@H]1[C@@H](C(C)C)[C@H](O)C[C@@](C)(OC(C)=O)[C@@H]12. The molecule has 8 heteroatoms. The van der Waals surface area contributed by atoms with Crippen LogP contribution in [0.5, 0.6) is 0 Å². The Bertz CT molecular complexity index is 766. The van der Waals surface area contributed by atoms with Crippen molar-refractivity contribution in [3.63, 3.8) is 0 Å². The molecule has 3 N–H and O–H groups in total. The Hall–Kier alpha value is -1.22. The average molecular weight is 485 g/mol. The van der Waals surface area contributed by atoms with E-state index in [9.17, 15) is 24.9 Å². The quantitative estimate of drug-likeness (QED) is 0.509. The van der Waals surface area contributed by atoms with E-state index in [1.165, 1.54) is 6.92 Å². The van der Waals surface area contributed by atoms with Crippen LogP contribution in [0.4, 0.5) is 0 Å². The summed E-state index contributed by atoms with van der Waals surface area (Å²) in [6.07, 6.45) is -1.07. The minimum absolute atomic E-state index is 0.0962. The van der Waals surface area contributed by atoms with Gasteiger partial charge in [-0.25, -0.2) is 0 Å². The minimum Gasteiger partial charge on any atom is -0.459 e. The van der Waals surface area contributed by atoms with Crippen LogP contribution in [0.25, 0.3) is 0 Å². The number of ether oxygens (including phenoxy) is 3. The molecule has 2 saturated heterocycles. The largest absolute Gasteiger partial charge is 0.459 e. The molecular weight excluding hydrogens is 440 g/mol. The van der Waals surface area contributed by atoms with Crippen LogP contribution in [0.2, 0.25) is 0 Å². The molecule has 0 amide bonds. The minimum atomic E-state index is -1.44. The lowest BCUT2D eigenvalue weighted by Crippen LogP contribution is -2.61. The third kappa shape index (κ3) is 5.01. The van der Waals surface area contributed by atoms with Crippen LogP contribution < -0.4 is 0 Å². The van der Waals surface area contributed by atoms with Gasteiger partial charge in [-0.2, -0.15) is 0 Å². The summed E-state index contributed by atoms with van der Waals surface area (Å²) >= 11 is 0. The third-order valence-electron chi connectivity index (χ3n) is 8.49. The van der Waals surface area contributed by atoms with E-state index in [1.807, 2.05) is 20.8 Å². The molecule has 0 aromatic rings. The van der Waals surface area contributed by atoms with Gasteiger partial charge in [0.15, 0.2) is 0 Å². The molecule has 3 fully saturated rings. The second-order valence-corrected chi connectivity index (χ2v) is 11.8. The highest BCUT2D eigenvalue weighted by molar-refractivity contribution is 5.70. The van der Waals surface area contributed by atoms with Gasteiger partial charge in [0.05, 0.1) is 23.9 Å². The number of aliphatic hydroxyl groups is 3. The van der Waals surface area contributed by atoms with Crippen LogP contribution in [0.3, 0.4) is 0 Å². The summed E-state index contributed by atoms with van der Waals surface area (Å²) < 4.78 is 18.6. The lowest BCUT2D eigenvalue weighted by molar-refractivity contribution is -0.195. The monoisotopic (exact) mass is 484 g/mol. The van der Waals surface area contributed by atoms with Crippen LogP contribution in [-0.4, -0.2) is 68.5 Å². The Kier molecular flexibility index (Phi) is 7.79. The number of rotatable bonds is 5. The second-order valence-electron chi connectivity index (χ2n) is 11.8. The van der Waals surface area contributed by atoms with E-state index in [4.69, 9.17) is 14.2 Å². The summed E-state index contributed by atoms with van der Waals surface area (Å²) in [5.41, 5.74) is -3.55. The van der Waals surface area contributed by atoms with Crippen LogP contribution in [-0.2, 0) is 23.8 Å². The van der Waals surface area contributed by atoms with Gasteiger partial charge < -0.3 is 29.5 Å². The first kappa shape index (κ1) is 27.4. The summed E-state index contributed by atoms with van der Waals surface area (Å²) in [4.78, 5) is 24.8. The summed E-state index contributed by atoms with van der Waals surface area (Å²) in [6.45, 7) is 12.6. The Morgan fingerprint density at radius 1 is 1.09 bits per heavy atom. The van der Waals surface area contributed by atoms with Crippen molar-refractivity contribution in [3.8, 4) is 0 Å². The molecule has 1 aliphatic carbocycles. The molecule has 2 aliphatic heterocycles. The van der Waals surface area contributed by atoms with Crippen molar-refractivity contribution in [3.05, 3.63) is 0 Å². The number of hydrogen-bond donors (Lipinski definition) is 3. The van der Waals surface area contributed by atoms with E-state index in [-0.39, 0.29) is 55.3 Å². The molecule has 0 unspecified atom stereocenters. The van der Waals surface area contributed by atoms with Gasteiger partial charge in [0, 0.05) is 38.0 Å². The van der Waals surface area contributed by atoms with Crippen LogP contribution in [0.15, 0.2) is 0 Å². The Morgan fingerprint density at radius 2 is 1.74 bits per heavy atom. The van der Waals surface area contributed by atoms with Crippen molar-refractivity contribution in [2.75, 3.05) is 0 Å². The molecule has 0 spiro atoms. The average Bonchev–Trinajstić information content (AvgIpc) is 3.05. The highest BCUT2D eigenvalue weighted by Gasteiger charge is 2.67. The van der Waals surface area contributed by atoms with Crippen molar-refractivity contribution in [2.45, 2.75) is 128 Å². The van der Waals surface area contributed by atoms with Crippen LogP contribution in [0.1, 0.15) is 87.0 Å². The molecule has 0 aromatic heterocycles. The molecule has 0 aromatic carbocycles. The van der Waals surface area contributed by atoms with Gasteiger partial charge in [-0.1, -0.05) is 20.8 Å². The number of esters is 2. The molecule has 8 nitrogen and oxygen atoms in total. The van der Waals surface area contributed by atoms with E-state index < -0.39 is 47.2 Å². The summed E-state index contributed by atoms with van der Waals surface area (Å²) in [5, 5.41) is 33.3. The fraction of sp³-hybridized carbons (Fsp3) is 0.923. The first-order valence-electron chi connectivity index (χ1n) is 12.8. The van der Waals surface area contributed by atoms with Gasteiger partial charge in [-0.05, 0) is 51.9 Å². The Balaban J connectivity index is 2.17. The van der Waals surface area contributed by atoms with Crippen molar-refractivity contribution in [2.24, 2.45) is 23.7 Å². The molecule has 3 aliphatic rings. The van der Waals surface area contributed by atoms with Crippen molar-refractivity contribution in [1.29, 1.82) is 0 Å². The topological polar surface area (TPSA) is 123 Å². The smallest absolute Gasteiger partial charge is 0.306 e. The number of carbonyl (C=O) groups excluding carboxylic acids is 2. The zero-order valence-electron chi connectivity index (χ0n) is 21.7. The molecule has 3 rings (SSSR count). The van der Waals surface area contributed by atoms with E-state index in [1.54, 1.807) is 6.92 Å². The number of carbonyl (C=O) groups is 2. The first-order chi connectivity index (χ1) is 15.6. The highest BCUT2D eigenvalue weighted by atomic mass is 16.6. The fourth-order valence-corrected chi connectivity index (χ4v) is 7.08. The molecule has 0 radical (unpaired) electrons. The molecule has 196 valence electrons. The third-order valence-corrected chi connectivity index (χ3v) is 8.49. The molecule has 2 bridgehead atoms. The van der Waals surface area contributed by atoms with Crippen LogP contribution >= 0.6 is 0 Å². The van der Waals surface area contributed by atoms with E-state index in [0.717, 1.165) is 0 Å². The maximum atomic E-state index is 12.7. The standard InChI is InChI=1S/C26H44O8/c1-8-9-19(30)34-25(6)11-10-18(29)24(5,31)13-17-22-21(23(25)32-17)20(14(2)3)16(28)12-26(22,7)33-15(4)27/h14,16-18,20-23,28-29,31H,8-13H2,1-7H3/t16-,17-,18+,20+,21-,22-,23-,24+,25-,26-/m1/s1. The predicted octanol–water partition coefficient (Wildman–Crippen LogP) is 2.74. The zero-order chi connectivity index (χ0) is 25.6. The zero-order valence-corrected chi connectivity index (χ0v) is 21.7. The molecule has 34 heavy (non-hydrogen) atoms. The van der Waals surface area contributed by atoms with E-state index in [0.29, 0.717) is 12.8 Å². The maximum Gasteiger partial charge on any atom is 0.306 e. The van der Waals surface area contributed by atoms with Gasteiger partial charge in [0.2, 0.25) is 0 Å². The van der Waals surface area contributed by atoms with Crippen molar-refractivity contribution < 1.29 is 39.1 Å². The lowest BCUT2D eigenvalue weighted by Gasteiger charge is -2.53. The Labute approximate surface area is 203 Å². The maximum absolute atomic E-state index is 12.7. The van der Waals surface area contributed by atoms with Crippen molar-refractivity contribution in [1.82, 2.24) is 0 Å². The van der Waals surface area contributed by atoms with Gasteiger partial charge in [0.25, 0.3) is 0 Å². The van der Waals surface area contributed by atoms with Gasteiger partial charge in [0.1, 0.15) is 17.3 Å². The second kappa shape index (κ2) is 9.68. The summed E-state index contributed by atoms with van der Waals surface area (Å²) in [7, 11) is 0. The van der Waals surface area contributed by atoms with Crippen molar-refractivity contribution >= 4 is 11.9 Å². The van der Waals surface area contributed by atoms with Gasteiger partial charge >= 0.3 is 11.9 Å². The molecule has 1 saturated carbocycles. The fourth-order valence-electron chi connectivity index (χ4n) is 7.08. The normalized spacial score (nSPS) is 46.7. The lowest BCUT2D eigenvalue weighted by atomic mass is 9.56. The Morgan fingerprint density at radius 3 is 2.29 bits per heavy atom. The summed E-state index contributed by atoms with van der Waals surface area (Å²) in [6, 6.07) is 0. The number of aliphatic hydroxyl groups excluding tert-OH is 2. The molecule has 2 heterocycles. The molecule has 10 atom stereocenters. The van der Waals surface area contributed by atoms with E-state index in [2.05, 4.69) is 13.8 Å². The predicted molar refractivity (Wildman–Crippen MR) is 125 cm³/mol. The highest BCUT2D eigenvalue weighted by Crippen LogP contribution is 2.58. The van der Waals surface area contributed by atoms with E-state index >= 15 is 0 Å². The van der Waals surface area contributed by atoms with Crippen LogP contribution in [0, 0.1) is 23.7 Å². The summed E-state index contributed by atoms with van der Waals surface area (Å²) in [5.74, 6) is -1.49. The molecular formula is C26H44O8.